The summed E-state index contributed by atoms with van der Waals surface area (Å²) >= 11 is 5.37. The summed E-state index contributed by atoms with van der Waals surface area (Å²) in [7, 11) is 0. The summed E-state index contributed by atoms with van der Waals surface area (Å²) in [5, 5.41) is 9.29. The van der Waals surface area contributed by atoms with Gasteiger partial charge in [-0.15, -0.1) is 10.2 Å². The molecule has 9 heteroatoms. The molecule has 0 unspecified atom stereocenters. The number of H-pyrrole nitrogens is 1. The Morgan fingerprint density at radius 2 is 1.82 bits per heavy atom. The highest BCUT2D eigenvalue weighted by molar-refractivity contribution is 7.71. The van der Waals surface area contributed by atoms with E-state index >= 15 is 0 Å². The number of rotatable bonds is 7. The van der Waals surface area contributed by atoms with Crippen molar-refractivity contribution in [1.82, 2.24) is 29.0 Å². The zero-order chi connectivity index (χ0) is 23.5. The number of aromatic amines is 1. The van der Waals surface area contributed by atoms with Crippen molar-refractivity contribution in [2.24, 2.45) is 0 Å². The van der Waals surface area contributed by atoms with Crippen molar-refractivity contribution in [3.05, 3.63) is 69.6 Å². The number of carbonyl (C=O) groups is 1. The lowest BCUT2D eigenvalue weighted by atomic mass is 9.95. The van der Waals surface area contributed by atoms with Gasteiger partial charge >= 0.3 is 0 Å². The van der Waals surface area contributed by atoms with Gasteiger partial charge in [-0.2, -0.15) is 0 Å². The number of para-hydroxylation sites is 1. The molecule has 0 spiro atoms. The maximum Gasteiger partial charge on any atom is 0.262 e. The number of hydrogen-bond acceptors (Lipinski definition) is 5. The quantitative estimate of drug-likeness (QED) is 0.321. The van der Waals surface area contributed by atoms with Crippen molar-refractivity contribution >= 4 is 34.7 Å². The van der Waals surface area contributed by atoms with Gasteiger partial charge in [0.25, 0.3) is 5.56 Å². The lowest BCUT2D eigenvalue weighted by molar-refractivity contribution is -0.132. The minimum Gasteiger partial charge on any atom is -0.343 e. The molecule has 1 fully saturated rings. The molecule has 4 aromatic rings. The van der Waals surface area contributed by atoms with E-state index in [4.69, 9.17) is 12.2 Å². The third-order valence-electron chi connectivity index (χ3n) is 6.71. The van der Waals surface area contributed by atoms with Crippen LogP contribution in [0.5, 0.6) is 0 Å². The molecule has 34 heavy (non-hydrogen) atoms. The molecular formula is C25H28N6O2S. The monoisotopic (exact) mass is 476 g/mol. The molecule has 1 saturated heterocycles. The second-order valence-electron chi connectivity index (χ2n) is 8.89. The number of likely N-dealkylation sites (tertiary alicyclic amines) is 1. The maximum atomic E-state index is 12.7. The summed E-state index contributed by atoms with van der Waals surface area (Å²) in [4.78, 5) is 30.5. The number of nitrogens with zero attached hydrogens (tertiary/aromatic N) is 5. The molecule has 5 rings (SSSR count). The fraction of sp³-hybridized carbons (Fsp3) is 0.400. The number of hydrogen-bond donors (Lipinski definition) is 1. The van der Waals surface area contributed by atoms with Crippen LogP contribution in [0, 0.1) is 4.77 Å². The second-order valence-corrected chi connectivity index (χ2v) is 9.27. The Labute approximate surface area is 202 Å². The number of benzene rings is 1. The topological polar surface area (TPSA) is 88.3 Å². The summed E-state index contributed by atoms with van der Waals surface area (Å²) in [6.07, 6.45) is 6.85. The molecule has 0 radical (unpaired) electrons. The Kier molecular flexibility index (Phi) is 6.53. The first-order valence-corrected chi connectivity index (χ1v) is 12.3. The highest BCUT2D eigenvalue weighted by Crippen LogP contribution is 2.27. The van der Waals surface area contributed by atoms with E-state index in [9.17, 15) is 9.59 Å². The van der Waals surface area contributed by atoms with Crippen LogP contribution in [0.1, 0.15) is 50.3 Å². The lowest BCUT2D eigenvalue weighted by Gasteiger charge is -2.31. The minimum atomic E-state index is -0.0567. The normalized spacial score (nSPS) is 14.8. The van der Waals surface area contributed by atoms with E-state index in [1.165, 1.54) is 0 Å². The van der Waals surface area contributed by atoms with E-state index < -0.39 is 0 Å². The lowest BCUT2D eigenvalue weighted by Crippen LogP contribution is -2.38. The summed E-state index contributed by atoms with van der Waals surface area (Å²) < 4.78 is 4.12. The van der Waals surface area contributed by atoms with Gasteiger partial charge in [0.05, 0.1) is 10.9 Å². The van der Waals surface area contributed by atoms with Gasteiger partial charge in [-0.05, 0) is 62.2 Å². The molecule has 0 aliphatic carbocycles. The van der Waals surface area contributed by atoms with E-state index in [1.54, 1.807) is 4.57 Å². The van der Waals surface area contributed by atoms with Gasteiger partial charge in [0.15, 0.2) is 10.4 Å². The highest BCUT2D eigenvalue weighted by atomic mass is 32.1. The van der Waals surface area contributed by atoms with Crippen LogP contribution in [0.3, 0.4) is 0 Å². The molecule has 1 amide bonds. The molecular weight excluding hydrogens is 448 g/mol. The number of pyridine rings is 1. The third kappa shape index (κ3) is 4.52. The zero-order valence-electron chi connectivity index (χ0n) is 19.0. The van der Waals surface area contributed by atoms with E-state index in [0.29, 0.717) is 29.0 Å². The van der Waals surface area contributed by atoms with Crippen molar-refractivity contribution < 1.29 is 4.79 Å². The predicted molar refractivity (Wildman–Crippen MR) is 133 cm³/mol. The van der Waals surface area contributed by atoms with E-state index in [-0.39, 0.29) is 11.5 Å². The Hall–Kier alpha value is -3.33. The van der Waals surface area contributed by atoms with E-state index in [0.717, 1.165) is 62.2 Å². The van der Waals surface area contributed by atoms with Crippen LogP contribution in [-0.4, -0.2) is 48.0 Å². The van der Waals surface area contributed by atoms with Crippen LogP contribution in [-0.2, 0) is 11.3 Å². The summed E-state index contributed by atoms with van der Waals surface area (Å²) in [6, 6.07) is 13.3. The fourth-order valence-corrected chi connectivity index (χ4v) is 5.09. The fourth-order valence-electron chi connectivity index (χ4n) is 4.81. The van der Waals surface area contributed by atoms with E-state index in [1.807, 2.05) is 53.6 Å². The van der Waals surface area contributed by atoms with Crippen LogP contribution in [0.4, 0.5) is 0 Å². The summed E-state index contributed by atoms with van der Waals surface area (Å²) in [6.45, 7) is 2.07. The van der Waals surface area contributed by atoms with E-state index in [2.05, 4.69) is 19.6 Å². The molecule has 0 bridgehead atoms. The number of unbranched alkanes of at least 4 members (excludes halogenated alkanes) is 2. The van der Waals surface area contributed by atoms with Gasteiger partial charge in [0.1, 0.15) is 5.82 Å². The summed E-state index contributed by atoms with van der Waals surface area (Å²) in [5.74, 6) is 1.53. The Morgan fingerprint density at radius 1 is 1.03 bits per heavy atom. The molecule has 176 valence electrons. The number of amides is 1. The molecule has 8 nitrogen and oxygen atoms in total. The van der Waals surface area contributed by atoms with Gasteiger partial charge in [0, 0.05) is 38.2 Å². The average molecular weight is 477 g/mol. The average Bonchev–Trinajstić information content (AvgIpc) is 3.30. The zero-order valence-corrected chi connectivity index (χ0v) is 19.8. The molecule has 0 atom stereocenters. The minimum absolute atomic E-state index is 0.0567. The first-order valence-electron chi connectivity index (χ1n) is 11.9. The SMILES string of the molecule is O=C(CCCCCn1c(=S)[nH]c2ccccc2c1=O)N1CCC(c2nnc3ccccn23)CC1. The van der Waals surface area contributed by atoms with Crippen molar-refractivity contribution in [3.63, 3.8) is 0 Å². The molecule has 0 saturated carbocycles. The van der Waals surface area contributed by atoms with Crippen molar-refractivity contribution in [3.8, 4) is 0 Å². The van der Waals surface area contributed by atoms with Gasteiger partial charge in [-0.3, -0.25) is 18.6 Å². The molecule has 1 aromatic carbocycles. The largest absolute Gasteiger partial charge is 0.343 e. The number of carbonyl (C=O) groups excluding carboxylic acids is 1. The predicted octanol–water partition coefficient (Wildman–Crippen LogP) is 4.07. The van der Waals surface area contributed by atoms with Crippen LogP contribution in [0.25, 0.3) is 16.6 Å². The molecule has 1 N–H and O–H groups in total. The van der Waals surface area contributed by atoms with Gasteiger partial charge < -0.3 is 9.88 Å². The molecule has 1 aliphatic heterocycles. The summed E-state index contributed by atoms with van der Waals surface area (Å²) in [5.41, 5.74) is 1.57. The standard InChI is InChI=1S/C25H28N6O2S/c32-22(29-16-12-18(13-17-29)23-28-27-21-10-5-7-14-30(21)23)11-2-1-6-15-31-24(33)19-8-3-4-9-20(19)26-25(31)34/h3-5,7-10,14,18H,1-2,6,11-13,15-17H2,(H,26,34). The number of piperidine rings is 1. The Balaban J connectivity index is 1.08. The van der Waals surface area contributed by atoms with Gasteiger partial charge in [-0.25, -0.2) is 0 Å². The highest BCUT2D eigenvalue weighted by Gasteiger charge is 2.26. The first-order chi connectivity index (χ1) is 16.6. The third-order valence-corrected chi connectivity index (χ3v) is 7.04. The number of aromatic nitrogens is 5. The van der Waals surface area contributed by atoms with Crippen LogP contribution in [0.2, 0.25) is 0 Å². The van der Waals surface area contributed by atoms with Crippen LogP contribution in [0.15, 0.2) is 53.5 Å². The van der Waals surface area contributed by atoms with Crippen LogP contribution >= 0.6 is 12.2 Å². The molecule has 3 aromatic heterocycles. The number of fused-ring (bicyclic) bond motifs is 2. The Bertz CT molecular complexity index is 1430. The second kappa shape index (κ2) is 9.89. The van der Waals surface area contributed by atoms with Crippen molar-refractivity contribution in [2.75, 3.05) is 13.1 Å². The smallest absolute Gasteiger partial charge is 0.262 e. The van der Waals surface area contributed by atoms with Crippen molar-refractivity contribution in [2.45, 2.75) is 51.0 Å². The van der Waals surface area contributed by atoms with Crippen molar-refractivity contribution in [1.29, 1.82) is 0 Å². The van der Waals surface area contributed by atoms with Gasteiger partial charge in [-0.1, -0.05) is 24.6 Å². The Morgan fingerprint density at radius 3 is 2.68 bits per heavy atom. The number of nitrogens with one attached hydrogen (secondary N) is 1. The van der Waals surface area contributed by atoms with Crippen LogP contribution < -0.4 is 5.56 Å². The molecule has 4 heterocycles. The molecule has 1 aliphatic rings. The first kappa shape index (κ1) is 22.5. The van der Waals surface area contributed by atoms with Gasteiger partial charge in [0.2, 0.25) is 5.91 Å². The maximum absolute atomic E-state index is 12.7.